The van der Waals surface area contributed by atoms with Crippen molar-refractivity contribution in [1.29, 1.82) is 0 Å². The number of rotatable bonds is 6. The van der Waals surface area contributed by atoms with Crippen LogP contribution >= 0.6 is 0 Å². The number of alkyl halides is 5. The third kappa shape index (κ3) is 4.58. The number of allylic oxidation sites excluding steroid dienone is 2. The molecule has 0 aromatic carbocycles. The van der Waals surface area contributed by atoms with E-state index in [9.17, 15) is 40.0 Å². The number of esters is 1. The van der Waals surface area contributed by atoms with Crippen LogP contribution in [0.5, 0.6) is 0 Å². The van der Waals surface area contributed by atoms with E-state index in [-0.39, 0.29) is 49.9 Å². The fourth-order valence-corrected chi connectivity index (χ4v) is 7.53. The highest BCUT2D eigenvalue weighted by atomic mass is 32.2. The van der Waals surface area contributed by atoms with Crippen LogP contribution in [0.3, 0.4) is 0 Å². The molecule has 5 rings (SSSR count). The molecule has 4 fully saturated rings. The third-order valence-corrected chi connectivity index (χ3v) is 8.79. The monoisotopic (exact) mass is 514 g/mol. The molecule has 5 aliphatic rings. The second-order valence-electron chi connectivity index (χ2n) is 11.2. The molecule has 0 aromatic heterocycles. The number of ketones is 1. The summed E-state index contributed by atoms with van der Waals surface area (Å²) < 4.78 is 104. The average Bonchev–Trinajstić information content (AvgIpc) is 2.61. The van der Waals surface area contributed by atoms with Gasteiger partial charge in [-0.25, -0.2) is 0 Å². The van der Waals surface area contributed by atoms with Gasteiger partial charge in [0.25, 0.3) is 6.10 Å². The van der Waals surface area contributed by atoms with E-state index in [1.54, 1.807) is 13.8 Å². The lowest BCUT2D eigenvalue weighted by Gasteiger charge is -2.55. The molecule has 0 radical (unpaired) electrons. The Morgan fingerprint density at radius 1 is 1.00 bits per heavy atom. The highest BCUT2D eigenvalue weighted by Gasteiger charge is 2.69. The van der Waals surface area contributed by atoms with Gasteiger partial charge in [-0.1, -0.05) is 13.8 Å². The van der Waals surface area contributed by atoms with Gasteiger partial charge in [0.15, 0.2) is 5.78 Å². The van der Waals surface area contributed by atoms with Gasteiger partial charge in [-0.3, -0.25) is 9.59 Å². The van der Waals surface area contributed by atoms with E-state index in [2.05, 4.69) is 8.92 Å². The predicted molar refractivity (Wildman–Crippen MR) is 108 cm³/mol. The SMILES string of the molecule is CC1(C)CC(=O)C=C(OS(=O)(=O)C(F)(F)C(OC(=O)C23CC4CC(CC(C4)C2)C3)C(F)(F)F)C1. The number of hydrogen-bond acceptors (Lipinski definition) is 6. The first kappa shape index (κ1) is 25.4. The summed E-state index contributed by atoms with van der Waals surface area (Å²) in [7, 11) is -6.27. The summed E-state index contributed by atoms with van der Waals surface area (Å²) in [5, 5.41) is -5.63. The van der Waals surface area contributed by atoms with Crippen molar-refractivity contribution < 1.29 is 48.9 Å². The van der Waals surface area contributed by atoms with Gasteiger partial charge in [0.1, 0.15) is 5.76 Å². The normalized spacial score (nSPS) is 33.9. The maximum absolute atomic E-state index is 14.9. The highest BCUT2D eigenvalue weighted by molar-refractivity contribution is 7.88. The summed E-state index contributed by atoms with van der Waals surface area (Å²) >= 11 is 0. The standard InChI is InChI=1S/C22H27F5O6S/c1-19(2)10-15(28)6-16(11-19)33-34(30,31)22(26,27)17(21(23,24)25)32-18(29)20-7-12-3-13(8-20)5-14(4-12)9-20/h6,12-14,17H,3-5,7-11H2,1-2H3. The molecular weight excluding hydrogens is 487 g/mol. The van der Waals surface area contributed by atoms with Crippen LogP contribution in [-0.4, -0.2) is 37.7 Å². The quantitative estimate of drug-likeness (QED) is 0.285. The van der Waals surface area contributed by atoms with Crippen molar-refractivity contribution in [3.8, 4) is 0 Å². The largest absolute Gasteiger partial charge is 0.444 e. The zero-order chi connectivity index (χ0) is 25.3. The molecule has 0 heterocycles. The van der Waals surface area contributed by atoms with Crippen LogP contribution < -0.4 is 0 Å². The Morgan fingerprint density at radius 2 is 1.50 bits per heavy atom. The Bertz CT molecular complexity index is 978. The second-order valence-corrected chi connectivity index (χ2v) is 12.8. The van der Waals surface area contributed by atoms with Gasteiger partial charge in [-0.05, 0) is 61.7 Å². The Morgan fingerprint density at radius 3 is 1.94 bits per heavy atom. The van der Waals surface area contributed by atoms with Crippen molar-refractivity contribution in [2.45, 2.75) is 82.7 Å². The average molecular weight is 515 g/mol. The third-order valence-electron chi connectivity index (χ3n) is 7.48. The Kier molecular flexibility index (Phi) is 5.89. The Hall–Kier alpha value is -1.72. The summed E-state index contributed by atoms with van der Waals surface area (Å²) in [5.41, 5.74) is -2.14. The number of halogens is 5. The Balaban J connectivity index is 1.58. The molecule has 0 amide bonds. The minimum Gasteiger partial charge on any atom is -0.444 e. The van der Waals surface area contributed by atoms with Gasteiger partial charge >= 0.3 is 27.5 Å². The van der Waals surface area contributed by atoms with Crippen LogP contribution in [-0.2, 0) is 28.6 Å². The van der Waals surface area contributed by atoms with Crippen molar-refractivity contribution in [1.82, 2.24) is 0 Å². The van der Waals surface area contributed by atoms with E-state index >= 15 is 0 Å². The van der Waals surface area contributed by atoms with Crippen molar-refractivity contribution in [2.24, 2.45) is 28.6 Å². The summed E-state index contributed by atoms with van der Waals surface area (Å²) in [5.74, 6) is -2.36. The molecule has 1 unspecified atom stereocenters. The van der Waals surface area contributed by atoms with Crippen molar-refractivity contribution >= 4 is 21.9 Å². The van der Waals surface area contributed by atoms with Crippen molar-refractivity contribution in [3.63, 3.8) is 0 Å². The highest BCUT2D eigenvalue weighted by Crippen LogP contribution is 2.61. The van der Waals surface area contributed by atoms with E-state index in [0.29, 0.717) is 6.08 Å². The number of hydrogen-bond donors (Lipinski definition) is 0. The predicted octanol–water partition coefficient (Wildman–Crippen LogP) is 4.89. The van der Waals surface area contributed by atoms with Gasteiger partial charge in [-0.15, -0.1) is 0 Å². The molecule has 0 aliphatic heterocycles. The lowest BCUT2D eigenvalue weighted by molar-refractivity contribution is -0.266. The maximum Gasteiger partial charge on any atom is 0.432 e. The molecule has 0 N–H and O–H groups in total. The molecule has 6 nitrogen and oxygen atoms in total. The molecule has 34 heavy (non-hydrogen) atoms. The first-order valence-electron chi connectivity index (χ1n) is 11.3. The van der Waals surface area contributed by atoms with Crippen molar-refractivity contribution in [3.05, 3.63) is 11.8 Å². The molecule has 5 aliphatic carbocycles. The first-order valence-corrected chi connectivity index (χ1v) is 12.7. The lowest BCUT2D eigenvalue weighted by atomic mass is 9.49. The fraction of sp³-hybridized carbons (Fsp3) is 0.818. The molecule has 0 spiro atoms. The summed E-state index contributed by atoms with van der Waals surface area (Å²) in [6, 6.07) is 0. The number of carbonyl (C=O) groups is 2. The van der Waals surface area contributed by atoms with E-state index in [1.165, 1.54) is 0 Å². The minimum absolute atomic E-state index is 0.00977. The van der Waals surface area contributed by atoms with Crippen LogP contribution in [0.15, 0.2) is 11.8 Å². The molecule has 0 saturated heterocycles. The molecule has 12 heteroatoms. The number of ether oxygens (including phenoxy) is 1. The summed E-state index contributed by atoms with van der Waals surface area (Å²) in [6.07, 6.45) is -6.41. The van der Waals surface area contributed by atoms with Gasteiger partial charge in [0.2, 0.25) is 0 Å². The molecule has 1 atom stereocenters. The minimum atomic E-state index is -6.27. The zero-order valence-electron chi connectivity index (χ0n) is 18.8. The summed E-state index contributed by atoms with van der Waals surface area (Å²) in [4.78, 5) is 24.7. The molecule has 4 saturated carbocycles. The fourth-order valence-electron chi connectivity index (χ4n) is 6.59. The van der Waals surface area contributed by atoms with Crippen molar-refractivity contribution in [2.75, 3.05) is 0 Å². The van der Waals surface area contributed by atoms with Gasteiger partial charge in [0.05, 0.1) is 5.41 Å². The van der Waals surface area contributed by atoms with E-state index in [4.69, 9.17) is 0 Å². The topological polar surface area (TPSA) is 86.7 Å². The van der Waals surface area contributed by atoms with Crippen LogP contribution in [0.1, 0.15) is 65.2 Å². The molecule has 0 aromatic rings. The van der Waals surface area contributed by atoms with Crippen LogP contribution in [0, 0.1) is 28.6 Å². The van der Waals surface area contributed by atoms with Crippen LogP contribution in [0.25, 0.3) is 0 Å². The molecule has 192 valence electrons. The van der Waals surface area contributed by atoms with Gasteiger partial charge < -0.3 is 8.92 Å². The van der Waals surface area contributed by atoms with E-state index < -0.39 is 56.0 Å². The number of carbonyl (C=O) groups excluding carboxylic acids is 2. The van der Waals surface area contributed by atoms with Crippen LogP contribution in [0.4, 0.5) is 22.0 Å². The lowest BCUT2D eigenvalue weighted by Crippen LogP contribution is -2.56. The Labute approximate surface area is 194 Å². The summed E-state index contributed by atoms with van der Waals surface area (Å²) in [6.45, 7) is 3.11. The molecular formula is C22H27F5O6S. The second kappa shape index (κ2) is 7.89. The van der Waals surface area contributed by atoms with Gasteiger partial charge in [0, 0.05) is 18.9 Å². The van der Waals surface area contributed by atoms with Gasteiger partial charge in [-0.2, -0.15) is 30.4 Å². The smallest absolute Gasteiger partial charge is 0.432 e. The van der Waals surface area contributed by atoms with E-state index in [0.717, 1.165) is 19.3 Å². The zero-order valence-corrected chi connectivity index (χ0v) is 19.6. The maximum atomic E-state index is 14.9. The molecule has 4 bridgehead atoms. The van der Waals surface area contributed by atoms with E-state index in [1.807, 2.05) is 0 Å². The first-order chi connectivity index (χ1) is 15.4. The van der Waals surface area contributed by atoms with Crippen LogP contribution in [0.2, 0.25) is 0 Å².